The summed E-state index contributed by atoms with van der Waals surface area (Å²) >= 11 is 5.85. The van der Waals surface area contributed by atoms with Gasteiger partial charge in [0.1, 0.15) is 5.82 Å². The molecule has 0 saturated carbocycles. The number of anilines is 1. The number of rotatable bonds is 6. The normalized spacial score (nSPS) is 17.2. The van der Waals surface area contributed by atoms with Crippen molar-refractivity contribution in [1.29, 1.82) is 0 Å². The monoisotopic (exact) mass is 464 g/mol. The number of hydrogen-bond donors (Lipinski definition) is 1. The lowest BCUT2D eigenvalue weighted by molar-refractivity contribution is -0.138. The predicted molar refractivity (Wildman–Crippen MR) is 118 cm³/mol. The van der Waals surface area contributed by atoms with Gasteiger partial charge in [0, 0.05) is 31.4 Å². The van der Waals surface area contributed by atoms with E-state index in [0.29, 0.717) is 30.2 Å². The quantitative estimate of drug-likeness (QED) is 0.708. The first kappa shape index (κ1) is 23.2. The smallest absolute Gasteiger partial charge is 0.245 e. The number of nitrogens with zero attached hydrogens (tertiary/aromatic N) is 3. The van der Waals surface area contributed by atoms with E-state index in [1.54, 1.807) is 12.3 Å². The molecule has 1 fully saturated rings. The average molecular weight is 465 g/mol. The van der Waals surface area contributed by atoms with Gasteiger partial charge >= 0.3 is 0 Å². The van der Waals surface area contributed by atoms with Crippen molar-refractivity contribution in [2.75, 3.05) is 32.0 Å². The highest BCUT2D eigenvalue weighted by Crippen LogP contribution is 2.25. The Bertz CT molecular complexity index is 1060. The molecule has 10 heteroatoms. The van der Waals surface area contributed by atoms with Crippen LogP contribution < -0.4 is 5.32 Å². The van der Waals surface area contributed by atoms with E-state index in [2.05, 4.69) is 10.3 Å². The molecule has 0 bridgehead atoms. The first-order chi connectivity index (χ1) is 14.7. The van der Waals surface area contributed by atoms with Gasteiger partial charge < -0.3 is 10.2 Å². The first-order valence-electron chi connectivity index (χ1n) is 9.90. The molecule has 1 aliphatic heterocycles. The number of piperidine rings is 1. The van der Waals surface area contributed by atoms with E-state index in [-0.39, 0.29) is 29.8 Å². The highest BCUT2D eigenvalue weighted by Gasteiger charge is 2.34. The molecular weight excluding hydrogens is 440 g/mol. The third-order valence-electron chi connectivity index (χ3n) is 5.12. The zero-order valence-corrected chi connectivity index (χ0v) is 19.0. The van der Waals surface area contributed by atoms with Crippen molar-refractivity contribution in [2.24, 2.45) is 5.92 Å². The van der Waals surface area contributed by atoms with Crippen LogP contribution in [0.25, 0.3) is 0 Å². The number of aryl methyl sites for hydroxylation is 1. The Balaban J connectivity index is 1.62. The van der Waals surface area contributed by atoms with Crippen molar-refractivity contribution in [3.05, 3.63) is 53.2 Å². The molecule has 0 aliphatic carbocycles. The van der Waals surface area contributed by atoms with E-state index in [4.69, 9.17) is 11.6 Å². The molecule has 0 radical (unpaired) electrons. The van der Waals surface area contributed by atoms with Crippen LogP contribution in [-0.4, -0.2) is 61.1 Å². The van der Waals surface area contributed by atoms with Gasteiger partial charge in [0.25, 0.3) is 0 Å². The number of carbonyl (C=O) groups is 2. The van der Waals surface area contributed by atoms with Crippen LogP contribution in [0.5, 0.6) is 0 Å². The van der Waals surface area contributed by atoms with E-state index in [0.717, 1.165) is 5.56 Å². The number of hydrogen-bond acceptors (Lipinski definition) is 5. The standard InChI is InChI=1S/C21H25ClN4O4S/c1-15-9-10-23-19(12-15)24-20(27)14-25(2)21(28)16-4-3-11-26(13-16)31(29,30)18-7-5-17(22)6-8-18/h5-10,12,16H,3-4,11,13-14H2,1-2H3,(H,23,24,27). The van der Waals surface area contributed by atoms with E-state index in [9.17, 15) is 18.0 Å². The van der Waals surface area contributed by atoms with Crippen LogP contribution in [0.3, 0.4) is 0 Å². The first-order valence-corrected chi connectivity index (χ1v) is 11.7. The maximum Gasteiger partial charge on any atom is 0.245 e. The minimum Gasteiger partial charge on any atom is -0.336 e. The fourth-order valence-electron chi connectivity index (χ4n) is 3.51. The van der Waals surface area contributed by atoms with Gasteiger partial charge in [-0.1, -0.05) is 11.6 Å². The van der Waals surface area contributed by atoms with Gasteiger partial charge in [-0.05, 0) is 61.7 Å². The van der Waals surface area contributed by atoms with Gasteiger partial charge in [0.05, 0.1) is 17.4 Å². The molecule has 2 heterocycles. The zero-order chi connectivity index (χ0) is 22.6. The molecule has 1 saturated heterocycles. The van der Waals surface area contributed by atoms with Gasteiger partial charge in [0.2, 0.25) is 21.8 Å². The van der Waals surface area contributed by atoms with E-state index in [1.807, 2.05) is 13.0 Å². The number of amides is 2. The summed E-state index contributed by atoms with van der Waals surface area (Å²) < 4.78 is 27.2. The Morgan fingerprint density at radius 2 is 1.97 bits per heavy atom. The van der Waals surface area contributed by atoms with Crippen molar-refractivity contribution in [2.45, 2.75) is 24.7 Å². The zero-order valence-electron chi connectivity index (χ0n) is 17.4. The maximum atomic E-state index is 12.9. The molecule has 1 aromatic heterocycles. The second-order valence-corrected chi connectivity index (χ2v) is 9.99. The molecule has 2 amide bonds. The Morgan fingerprint density at radius 1 is 1.26 bits per heavy atom. The lowest BCUT2D eigenvalue weighted by atomic mass is 9.98. The van der Waals surface area contributed by atoms with E-state index in [1.165, 1.54) is 40.5 Å². The van der Waals surface area contributed by atoms with Crippen LogP contribution in [0.2, 0.25) is 5.02 Å². The summed E-state index contributed by atoms with van der Waals surface area (Å²) in [5.74, 6) is -0.715. The van der Waals surface area contributed by atoms with E-state index >= 15 is 0 Å². The van der Waals surface area contributed by atoms with Crippen molar-refractivity contribution >= 4 is 39.3 Å². The molecule has 1 unspecified atom stereocenters. The number of carbonyl (C=O) groups excluding carboxylic acids is 2. The fourth-order valence-corrected chi connectivity index (χ4v) is 5.16. The molecule has 1 aromatic carbocycles. The second kappa shape index (κ2) is 9.76. The summed E-state index contributed by atoms with van der Waals surface area (Å²) in [6, 6.07) is 9.52. The molecule has 3 rings (SSSR count). The van der Waals surface area contributed by atoms with Crippen molar-refractivity contribution < 1.29 is 18.0 Å². The van der Waals surface area contributed by atoms with Gasteiger partial charge in [0.15, 0.2) is 0 Å². The molecule has 166 valence electrons. The van der Waals surface area contributed by atoms with Gasteiger partial charge in [-0.25, -0.2) is 13.4 Å². The Morgan fingerprint density at radius 3 is 2.65 bits per heavy atom. The third-order valence-corrected chi connectivity index (χ3v) is 7.26. The van der Waals surface area contributed by atoms with Crippen molar-refractivity contribution in [3.8, 4) is 0 Å². The second-order valence-electron chi connectivity index (χ2n) is 7.62. The lowest BCUT2D eigenvalue weighted by Crippen LogP contribution is -2.47. The summed E-state index contributed by atoms with van der Waals surface area (Å²) in [5.41, 5.74) is 0.957. The average Bonchev–Trinajstić information content (AvgIpc) is 2.73. The molecular formula is C21H25ClN4O4S. The highest BCUT2D eigenvalue weighted by molar-refractivity contribution is 7.89. The lowest BCUT2D eigenvalue weighted by Gasteiger charge is -2.33. The number of likely N-dealkylation sites (N-methyl/N-ethyl adjacent to an activating group) is 1. The summed E-state index contributed by atoms with van der Waals surface area (Å²) in [4.78, 5) is 30.7. The van der Waals surface area contributed by atoms with Gasteiger partial charge in [-0.15, -0.1) is 0 Å². The molecule has 0 spiro atoms. The summed E-state index contributed by atoms with van der Waals surface area (Å²) in [6.45, 7) is 2.17. The number of aromatic nitrogens is 1. The number of nitrogens with one attached hydrogen (secondary N) is 1. The number of benzene rings is 1. The van der Waals surface area contributed by atoms with Crippen LogP contribution in [0.1, 0.15) is 18.4 Å². The highest BCUT2D eigenvalue weighted by atomic mass is 35.5. The molecule has 1 atom stereocenters. The summed E-state index contributed by atoms with van der Waals surface area (Å²) in [5, 5.41) is 3.12. The van der Waals surface area contributed by atoms with Gasteiger partial charge in [-0.2, -0.15) is 4.31 Å². The van der Waals surface area contributed by atoms with Crippen molar-refractivity contribution in [1.82, 2.24) is 14.2 Å². The number of pyridine rings is 1. The number of sulfonamides is 1. The molecule has 1 N–H and O–H groups in total. The van der Waals surface area contributed by atoms with Gasteiger partial charge in [-0.3, -0.25) is 9.59 Å². The molecule has 2 aromatic rings. The van der Waals surface area contributed by atoms with Crippen LogP contribution in [0, 0.1) is 12.8 Å². The Hall–Kier alpha value is -2.49. The predicted octanol–water partition coefficient (Wildman–Crippen LogP) is 2.54. The maximum absolute atomic E-state index is 12.9. The number of halogens is 1. The van der Waals surface area contributed by atoms with Crippen LogP contribution >= 0.6 is 11.6 Å². The summed E-state index contributed by atoms with van der Waals surface area (Å²) in [6.07, 6.45) is 2.73. The molecule has 8 nitrogen and oxygen atoms in total. The fraction of sp³-hybridized carbons (Fsp3) is 0.381. The van der Waals surface area contributed by atoms with Crippen LogP contribution in [-0.2, 0) is 19.6 Å². The van der Waals surface area contributed by atoms with Crippen LogP contribution in [0.4, 0.5) is 5.82 Å². The largest absolute Gasteiger partial charge is 0.336 e. The minimum atomic E-state index is -3.72. The minimum absolute atomic E-state index is 0.0786. The van der Waals surface area contributed by atoms with E-state index < -0.39 is 15.9 Å². The topological polar surface area (TPSA) is 99.7 Å². The summed E-state index contributed by atoms with van der Waals surface area (Å²) in [7, 11) is -2.18. The Kier molecular flexibility index (Phi) is 7.30. The van der Waals surface area contributed by atoms with Crippen molar-refractivity contribution in [3.63, 3.8) is 0 Å². The van der Waals surface area contributed by atoms with Crippen LogP contribution in [0.15, 0.2) is 47.5 Å². The molecule has 31 heavy (non-hydrogen) atoms. The third kappa shape index (κ3) is 5.81. The Labute approximate surface area is 187 Å². The molecule has 1 aliphatic rings. The SMILES string of the molecule is Cc1ccnc(NC(=O)CN(C)C(=O)C2CCCN(S(=O)(=O)c3ccc(Cl)cc3)C2)c1.